The summed E-state index contributed by atoms with van der Waals surface area (Å²) in [6.45, 7) is 0. The Morgan fingerprint density at radius 3 is 1.94 bits per heavy atom. The number of para-hydroxylation sites is 3. The van der Waals surface area contributed by atoms with Crippen LogP contribution < -0.4 is 0 Å². The van der Waals surface area contributed by atoms with Crippen molar-refractivity contribution in [2.45, 2.75) is 0 Å². The largest absolute Gasteiger partial charge is 0.309 e. The highest BCUT2D eigenvalue weighted by atomic mass is 32.1. The summed E-state index contributed by atoms with van der Waals surface area (Å²) in [6.07, 6.45) is 0. The molecule has 0 aliphatic rings. The minimum Gasteiger partial charge on any atom is -0.309 e. The Balaban J connectivity index is 1.11. The normalized spacial score (nSPS) is 12.2. The molecule has 0 fully saturated rings. The number of fused-ring (bicyclic) bond motifs is 12. The molecule has 0 aliphatic heterocycles. The number of hydrogen-bond donors (Lipinski definition) is 0. The fraction of sp³-hybridized carbons (Fsp3) is 0. The van der Waals surface area contributed by atoms with Crippen molar-refractivity contribution in [2.24, 2.45) is 0 Å². The average molecular weight is 693 g/mol. The first-order valence-corrected chi connectivity index (χ1v) is 18.7. The van der Waals surface area contributed by atoms with E-state index in [1.54, 1.807) is 0 Å². The fourth-order valence-corrected chi connectivity index (χ4v) is 9.68. The third-order valence-electron chi connectivity index (χ3n) is 10.9. The highest BCUT2D eigenvalue weighted by molar-refractivity contribution is 7.25. The van der Waals surface area contributed by atoms with Crippen LogP contribution in [0.1, 0.15) is 0 Å². The molecule has 0 atom stereocenters. The van der Waals surface area contributed by atoms with Crippen molar-refractivity contribution in [1.82, 2.24) is 19.1 Å². The van der Waals surface area contributed by atoms with Crippen molar-refractivity contribution < 1.29 is 0 Å². The van der Waals surface area contributed by atoms with Gasteiger partial charge in [-0.2, -0.15) is 0 Å². The van der Waals surface area contributed by atoms with Gasteiger partial charge in [-0.15, -0.1) is 11.3 Å². The monoisotopic (exact) mass is 692 g/mol. The molecule has 5 heteroatoms. The van der Waals surface area contributed by atoms with E-state index in [4.69, 9.17) is 9.97 Å². The van der Waals surface area contributed by atoms with Crippen LogP contribution in [0.15, 0.2) is 170 Å². The van der Waals surface area contributed by atoms with Crippen LogP contribution in [0.25, 0.3) is 108 Å². The van der Waals surface area contributed by atoms with E-state index in [1.807, 2.05) is 11.3 Å². The highest BCUT2D eigenvalue weighted by Gasteiger charge is 2.20. The summed E-state index contributed by atoms with van der Waals surface area (Å²) in [4.78, 5) is 10.7. The summed E-state index contributed by atoms with van der Waals surface area (Å²) >= 11 is 1.85. The molecule has 0 unspecified atom stereocenters. The molecule has 0 spiro atoms. The van der Waals surface area contributed by atoms with Gasteiger partial charge in [-0.05, 0) is 71.4 Å². The van der Waals surface area contributed by atoms with E-state index in [9.17, 15) is 0 Å². The summed E-state index contributed by atoms with van der Waals surface area (Å²) in [6, 6.07) is 61.2. The molecular weight excluding hydrogens is 665 g/mol. The smallest absolute Gasteiger partial charge is 0.235 e. The van der Waals surface area contributed by atoms with Crippen molar-refractivity contribution >= 4 is 96.8 Å². The third-order valence-corrected chi connectivity index (χ3v) is 12.1. The standard InChI is InChI=1S/C48H28N4S/c1-2-12-32-29(11-1)21-25-43-46(32)36-16-5-9-19-41(36)52(43)48-49-39-17-7-3-15-35(39)47(50-48)30-22-24-42-37(27-30)33-13-4-8-18-40(33)51(42)31-23-26-45-38(28-31)34-14-6-10-20-44(34)53-45/h1-28H. The van der Waals surface area contributed by atoms with Gasteiger partial charge in [-0.25, -0.2) is 9.97 Å². The van der Waals surface area contributed by atoms with E-state index in [-0.39, 0.29) is 0 Å². The Hall–Kier alpha value is -6.82. The molecule has 0 saturated heterocycles. The second kappa shape index (κ2) is 10.8. The van der Waals surface area contributed by atoms with Crippen LogP contribution in [0.4, 0.5) is 0 Å². The molecule has 4 nitrogen and oxygen atoms in total. The van der Waals surface area contributed by atoms with Gasteiger partial charge in [-0.3, -0.25) is 4.57 Å². The molecular formula is C48H28N4S. The number of benzene rings is 8. The maximum atomic E-state index is 5.45. The molecule has 246 valence electrons. The van der Waals surface area contributed by atoms with E-state index in [1.165, 1.54) is 63.5 Å². The maximum Gasteiger partial charge on any atom is 0.235 e. The van der Waals surface area contributed by atoms with Crippen molar-refractivity contribution in [1.29, 1.82) is 0 Å². The highest BCUT2D eigenvalue weighted by Crippen LogP contribution is 2.41. The first kappa shape index (κ1) is 28.8. The maximum absolute atomic E-state index is 5.45. The van der Waals surface area contributed by atoms with Gasteiger partial charge in [0.2, 0.25) is 5.95 Å². The molecule has 0 saturated carbocycles. The molecule has 0 radical (unpaired) electrons. The number of nitrogens with zero attached hydrogens (tertiary/aromatic N) is 4. The number of aromatic nitrogens is 4. The molecule has 0 amide bonds. The van der Waals surface area contributed by atoms with Crippen LogP contribution in [0.3, 0.4) is 0 Å². The second-order valence-corrected chi connectivity index (χ2v) is 14.9. The second-order valence-electron chi connectivity index (χ2n) is 13.8. The van der Waals surface area contributed by atoms with Crippen molar-refractivity contribution in [3.63, 3.8) is 0 Å². The van der Waals surface area contributed by atoms with Gasteiger partial charge in [0.15, 0.2) is 0 Å². The third kappa shape index (κ3) is 4.11. The Morgan fingerprint density at radius 1 is 0.396 bits per heavy atom. The van der Waals surface area contributed by atoms with Crippen molar-refractivity contribution in [2.75, 3.05) is 0 Å². The Kier molecular flexibility index (Phi) is 5.90. The summed E-state index contributed by atoms with van der Waals surface area (Å²) in [7, 11) is 0. The van der Waals surface area contributed by atoms with Gasteiger partial charge in [0.1, 0.15) is 0 Å². The first-order valence-electron chi connectivity index (χ1n) is 17.9. The summed E-state index contributed by atoms with van der Waals surface area (Å²) in [5, 5.41) is 10.9. The van der Waals surface area contributed by atoms with Crippen LogP contribution in [-0.4, -0.2) is 19.1 Å². The molecule has 4 aromatic heterocycles. The quantitative estimate of drug-likeness (QED) is 0.185. The lowest BCUT2D eigenvalue weighted by Crippen LogP contribution is -2.03. The molecule has 0 aliphatic carbocycles. The molecule has 8 aromatic carbocycles. The Labute approximate surface area is 307 Å². The number of thiophene rings is 1. The van der Waals surface area contributed by atoms with Gasteiger partial charge in [0, 0.05) is 58.4 Å². The van der Waals surface area contributed by atoms with E-state index in [0.717, 1.165) is 38.9 Å². The van der Waals surface area contributed by atoms with Gasteiger partial charge >= 0.3 is 0 Å². The van der Waals surface area contributed by atoms with Gasteiger partial charge in [0.05, 0.1) is 33.3 Å². The SMILES string of the molecule is c1ccc2c(c1)ccc1c2c2ccccc2n1-c1nc(-c2ccc3c(c2)c2ccccc2n3-c2ccc3sc4ccccc4c3c2)c2ccccc2n1. The van der Waals surface area contributed by atoms with Crippen molar-refractivity contribution in [3.8, 4) is 22.9 Å². The van der Waals surface area contributed by atoms with Crippen LogP contribution in [0.2, 0.25) is 0 Å². The molecule has 0 N–H and O–H groups in total. The van der Waals surface area contributed by atoms with E-state index < -0.39 is 0 Å². The van der Waals surface area contributed by atoms with Crippen LogP contribution in [-0.2, 0) is 0 Å². The minimum atomic E-state index is 0.666. The van der Waals surface area contributed by atoms with E-state index in [0.29, 0.717) is 5.95 Å². The summed E-state index contributed by atoms with van der Waals surface area (Å²) in [5.74, 6) is 0.666. The summed E-state index contributed by atoms with van der Waals surface area (Å²) in [5.41, 5.74) is 8.60. The molecule has 53 heavy (non-hydrogen) atoms. The zero-order chi connectivity index (χ0) is 34.6. The Bertz CT molecular complexity index is 3470. The molecule has 0 bridgehead atoms. The van der Waals surface area contributed by atoms with Gasteiger partial charge < -0.3 is 4.57 Å². The van der Waals surface area contributed by atoms with Gasteiger partial charge in [-0.1, -0.05) is 109 Å². The van der Waals surface area contributed by atoms with E-state index >= 15 is 0 Å². The minimum absolute atomic E-state index is 0.666. The fourth-order valence-electron chi connectivity index (χ4n) is 8.59. The van der Waals surface area contributed by atoms with Crippen LogP contribution >= 0.6 is 11.3 Å². The number of hydrogen-bond acceptors (Lipinski definition) is 3. The lowest BCUT2D eigenvalue weighted by molar-refractivity contribution is 1.01. The van der Waals surface area contributed by atoms with Crippen LogP contribution in [0.5, 0.6) is 0 Å². The van der Waals surface area contributed by atoms with Gasteiger partial charge in [0.25, 0.3) is 0 Å². The molecule has 12 aromatic rings. The lowest BCUT2D eigenvalue weighted by Gasteiger charge is -2.12. The zero-order valence-electron chi connectivity index (χ0n) is 28.4. The molecule has 4 heterocycles. The predicted molar refractivity (Wildman–Crippen MR) is 224 cm³/mol. The number of rotatable bonds is 3. The lowest BCUT2D eigenvalue weighted by atomic mass is 10.0. The predicted octanol–water partition coefficient (Wildman–Crippen LogP) is 13.0. The average Bonchev–Trinajstić information content (AvgIpc) is 3.88. The van der Waals surface area contributed by atoms with E-state index in [2.05, 4.69) is 179 Å². The zero-order valence-corrected chi connectivity index (χ0v) is 29.2. The Morgan fingerprint density at radius 2 is 1.06 bits per heavy atom. The summed E-state index contributed by atoms with van der Waals surface area (Å²) < 4.78 is 7.27. The molecule has 12 rings (SSSR count). The first-order chi connectivity index (χ1) is 26.3. The van der Waals surface area contributed by atoms with Crippen LogP contribution in [0, 0.1) is 0 Å². The van der Waals surface area contributed by atoms with Crippen molar-refractivity contribution in [3.05, 3.63) is 170 Å². The topological polar surface area (TPSA) is 35.6 Å².